The third-order valence-electron chi connectivity index (χ3n) is 5.78. The molecule has 0 saturated carbocycles. The summed E-state index contributed by atoms with van der Waals surface area (Å²) in [6.07, 6.45) is -4.58. The van der Waals surface area contributed by atoms with Gasteiger partial charge >= 0.3 is 6.18 Å². The minimum absolute atomic E-state index is 0.0711. The minimum Gasteiger partial charge on any atom is -0.345 e. The molecule has 15 heteroatoms. The van der Waals surface area contributed by atoms with E-state index in [0.717, 1.165) is 22.9 Å². The molecule has 4 heterocycles. The Morgan fingerprint density at radius 2 is 1.81 bits per heavy atom. The van der Waals surface area contributed by atoms with Gasteiger partial charge in [-0.15, -0.1) is 11.3 Å². The molecule has 0 spiro atoms. The molecule has 1 aliphatic heterocycles. The maximum Gasteiger partial charge on any atom is 0.435 e. The number of benzene rings is 1. The molecule has 1 fully saturated rings. The van der Waals surface area contributed by atoms with Gasteiger partial charge in [0.05, 0.1) is 0 Å². The normalized spacial score (nSPS) is 14.4. The van der Waals surface area contributed by atoms with Crippen LogP contribution in [0.1, 0.15) is 11.4 Å². The molecule has 0 unspecified atom stereocenters. The molecule has 0 aliphatic carbocycles. The SMILES string of the molecule is Cc1cc(C(F)(F)F)nn1CC(=O)N1CCN(c2nc(-c3noc(-c4c(F)cccc4F)n3)cs2)CC1. The molecular formula is C22H18F5N7O2S. The van der Waals surface area contributed by atoms with Gasteiger partial charge in [-0.25, -0.2) is 13.8 Å². The monoisotopic (exact) mass is 539 g/mol. The highest BCUT2D eigenvalue weighted by molar-refractivity contribution is 7.14. The molecule has 194 valence electrons. The van der Waals surface area contributed by atoms with Crippen LogP contribution in [0.15, 0.2) is 34.2 Å². The summed E-state index contributed by atoms with van der Waals surface area (Å²) in [6, 6.07) is 4.31. The second kappa shape index (κ2) is 9.53. The van der Waals surface area contributed by atoms with Crippen molar-refractivity contribution in [3.63, 3.8) is 0 Å². The van der Waals surface area contributed by atoms with Crippen LogP contribution in [-0.4, -0.2) is 61.9 Å². The van der Waals surface area contributed by atoms with Crippen molar-refractivity contribution in [1.29, 1.82) is 0 Å². The Morgan fingerprint density at radius 1 is 1.11 bits per heavy atom. The Kier molecular flexibility index (Phi) is 6.39. The zero-order valence-electron chi connectivity index (χ0n) is 19.2. The molecule has 9 nitrogen and oxygen atoms in total. The summed E-state index contributed by atoms with van der Waals surface area (Å²) in [7, 11) is 0. The number of alkyl halides is 3. The van der Waals surface area contributed by atoms with Crippen LogP contribution in [-0.2, 0) is 17.5 Å². The summed E-state index contributed by atoms with van der Waals surface area (Å²) in [4.78, 5) is 24.7. The summed E-state index contributed by atoms with van der Waals surface area (Å²) in [5.41, 5.74) is -0.843. The van der Waals surface area contributed by atoms with E-state index in [1.165, 1.54) is 24.3 Å². The van der Waals surface area contributed by atoms with Crippen LogP contribution in [0.25, 0.3) is 23.0 Å². The van der Waals surface area contributed by atoms with Crippen molar-refractivity contribution in [2.45, 2.75) is 19.6 Å². The Hall–Kier alpha value is -3.88. The van der Waals surface area contributed by atoms with Crippen LogP contribution in [0.2, 0.25) is 0 Å². The van der Waals surface area contributed by atoms with E-state index in [2.05, 4.69) is 20.2 Å². The number of amides is 1. The number of carbonyl (C=O) groups excluding carboxylic acids is 1. The van der Waals surface area contributed by atoms with Gasteiger partial charge in [0.1, 0.15) is 29.4 Å². The topological polar surface area (TPSA) is 93.2 Å². The van der Waals surface area contributed by atoms with Crippen molar-refractivity contribution < 1.29 is 31.3 Å². The highest BCUT2D eigenvalue weighted by Crippen LogP contribution is 2.31. The number of rotatable bonds is 5. The first-order valence-corrected chi connectivity index (χ1v) is 11.9. The molecular weight excluding hydrogens is 521 g/mol. The Morgan fingerprint density at radius 3 is 2.46 bits per heavy atom. The first kappa shape index (κ1) is 24.8. The quantitative estimate of drug-likeness (QED) is 0.354. The van der Waals surface area contributed by atoms with Crippen molar-refractivity contribution in [2.75, 3.05) is 31.1 Å². The van der Waals surface area contributed by atoms with Gasteiger partial charge in [-0.3, -0.25) is 9.48 Å². The molecule has 1 aromatic carbocycles. The van der Waals surface area contributed by atoms with Crippen molar-refractivity contribution >= 4 is 22.4 Å². The fourth-order valence-corrected chi connectivity index (χ4v) is 4.69. The molecule has 0 radical (unpaired) electrons. The fraction of sp³-hybridized carbons (Fsp3) is 0.318. The van der Waals surface area contributed by atoms with E-state index in [1.54, 1.807) is 10.3 Å². The summed E-state index contributed by atoms with van der Waals surface area (Å²) < 4.78 is 72.7. The third kappa shape index (κ3) is 5.03. The largest absolute Gasteiger partial charge is 0.435 e. The van der Waals surface area contributed by atoms with Crippen LogP contribution in [0, 0.1) is 18.6 Å². The van der Waals surface area contributed by atoms with Gasteiger partial charge in [-0.05, 0) is 25.1 Å². The standard InChI is InChI=1S/C22H18F5N7O2S/c1-12-9-16(22(25,26)27)30-34(12)10-17(35)32-5-7-33(8-6-32)21-28-15(11-37-21)19-29-20(36-31-19)18-13(23)3-2-4-14(18)24/h2-4,9,11H,5-8,10H2,1H3. The predicted octanol–water partition coefficient (Wildman–Crippen LogP) is 4.01. The molecule has 0 N–H and O–H groups in total. The van der Waals surface area contributed by atoms with Gasteiger partial charge in [0.2, 0.25) is 11.7 Å². The van der Waals surface area contributed by atoms with E-state index < -0.39 is 29.1 Å². The summed E-state index contributed by atoms with van der Waals surface area (Å²) in [5, 5.41) is 9.59. The van der Waals surface area contributed by atoms with Gasteiger partial charge in [0, 0.05) is 37.3 Å². The molecule has 3 aromatic heterocycles. The third-order valence-corrected chi connectivity index (χ3v) is 6.68. The van der Waals surface area contributed by atoms with Crippen molar-refractivity contribution in [2.24, 2.45) is 0 Å². The molecule has 37 heavy (non-hydrogen) atoms. The van der Waals surface area contributed by atoms with Crippen LogP contribution in [0.5, 0.6) is 0 Å². The molecule has 1 saturated heterocycles. The summed E-state index contributed by atoms with van der Waals surface area (Å²) in [6.45, 7) is 2.77. The lowest BCUT2D eigenvalue weighted by Gasteiger charge is -2.34. The number of piperazine rings is 1. The lowest BCUT2D eigenvalue weighted by atomic mass is 10.2. The molecule has 1 aliphatic rings. The lowest BCUT2D eigenvalue weighted by molar-refractivity contribution is -0.142. The van der Waals surface area contributed by atoms with Crippen LogP contribution >= 0.6 is 11.3 Å². The van der Waals surface area contributed by atoms with Gasteiger partial charge in [-0.1, -0.05) is 11.2 Å². The van der Waals surface area contributed by atoms with Crippen molar-refractivity contribution in [3.05, 3.63) is 52.7 Å². The molecule has 4 aromatic rings. The molecule has 0 bridgehead atoms. The highest BCUT2D eigenvalue weighted by atomic mass is 32.1. The number of halogens is 5. The smallest absolute Gasteiger partial charge is 0.345 e. The van der Waals surface area contributed by atoms with E-state index >= 15 is 0 Å². The number of hydrogen-bond donors (Lipinski definition) is 0. The van der Waals surface area contributed by atoms with Gasteiger partial charge in [-0.2, -0.15) is 23.3 Å². The van der Waals surface area contributed by atoms with E-state index in [0.29, 0.717) is 37.0 Å². The minimum atomic E-state index is -4.58. The maximum absolute atomic E-state index is 14.0. The highest BCUT2D eigenvalue weighted by Gasteiger charge is 2.35. The Balaban J connectivity index is 1.21. The number of aryl methyl sites for hydroxylation is 1. The first-order valence-electron chi connectivity index (χ1n) is 11.0. The number of hydrogen-bond acceptors (Lipinski definition) is 8. The molecule has 5 rings (SSSR count). The van der Waals surface area contributed by atoms with E-state index in [4.69, 9.17) is 4.52 Å². The number of thiazole rings is 1. The van der Waals surface area contributed by atoms with E-state index in [-0.39, 0.29) is 29.9 Å². The maximum atomic E-state index is 14.0. The van der Waals surface area contributed by atoms with Gasteiger partial charge in [0.25, 0.3) is 5.89 Å². The Labute approximate surface area is 210 Å². The first-order chi connectivity index (χ1) is 17.6. The molecule has 0 atom stereocenters. The second-order valence-corrected chi connectivity index (χ2v) is 9.07. The fourth-order valence-electron chi connectivity index (χ4n) is 3.83. The summed E-state index contributed by atoms with van der Waals surface area (Å²) >= 11 is 1.30. The van der Waals surface area contributed by atoms with Crippen LogP contribution < -0.4 is 4.90 Å². The zero-order chi connectivity index (χ0) is 26.3. The van der Waals surface area contributed by atoms with Crippen LogP contribution in [0.3, 0.4) is 0 Å². The van der Waals surface area contributed by atoms with Crippen molar-refractivity contribution in [1.82, 2.24) is 29.8 Å². The number of anilines is 1. The van der Waals surface area contributed by atoms with Gasteiger partial charge < -0.3 is 14.3 Å². The average molecular weight is 539 g/mol. The zero-order valence-corrected chi connectivity index (χ0v) is 20.0. The van der Waals surface area contributed by atoms with Crippen LogP contribution in [0.4, 0.5) is 27.1 Å². The number of nitrogens with zero attached hydrogens (tertiary/aromatic N) is 7. The van der Waals surface area contributed by atoms with E-state index in [9.17, 15) is 26.7 Å². The number of aromatic nitrogens is 5. The van der Waals surface area contributed by atoms with E-state index in [1.807, 2.05) is 4.90 Å². The number of carbonyl (C=O) groups is 1. The van der Waals surface area contributed by atoms with Crippen molar-refractivity contribution in [3.8, 4) is 23.0 Å². The second-order valence-electron chi connectivity index (χ2n) is 8.23. The summed E-state index contributed by atoms with van der Waals surface area (Å²) in [5.74, 6) is -2.22. The van der Waals surface area contributed by atoms with Gasteiger partial charge in [0.15, 0.2) is 10.8 Å². The average Bonchev–Trinajstić information content (AvgIpc) is 3.59. The Bertz CT molecular complexity index is 1420. The predicted molar refractivity (Wildman–Crippen MR) is 122 cm³/mol. The molecule has 1 amide bonds. The lowest BCUT2D eigenvalue weighted by Crippen LogP contribution is -2.49.